The summed E-state index contributed by atoms with van der Waals surface area (Å²) in [5.74, 6) is 1.34. The predicted molar refractivity (Wildman–Crippen MR) is 66.1 cm³/mol. The second-order valence-electron chi connectivity index (χ2n) is 5.16. The van der Waals surface area contributed by atoms with Crippen LogP contribution in [0.2, 0.25) is 5.15 Å². The minimum Gasteiger partial charge on any atom is -0.396 e. The highest BCUT2D eigenvalue weighted by molar-refractivity contribution is 6.31. The molecule has 1 saturated heterocycles. The van der Waals surface area contributed by atoms with Gasteiger partial charge < -0.3 is 10.0 Å². The highest BCUT2D eigenvalue weighted by Crippen LogP contribution is 2.49. The minimum absolute atomic E-state index is 0.0703. The summed E-state index contributed by atoms with van der Waals surface area (Å²) < 4.78 is 0. The number of aliphatic hydroxyl groups is 1. The van der Waals surface area contributed by atoms with E-state index in [4.69, 9.17) is 11.6 Å². The maximum absolute atomic E-state index is 9.67. The zero-order valence-corrected chi connectivity index (χ0v) is 10.4. The van der Waals surface area contributed by atoms with E-state index in [1.807, 2.05) is 0 Å². The van der Waals surface area contributed by atoms with Gasteiger partial charge in [-0.25, -0.2) is 9.97 Å². The Morgan fingerprint density at radius 1 is 1.47 bits per heavy atom. The van der Waals surface area contributed by atoms with E-state index < -0.39 is 0 Å². The number of hydrogen-bond acceptors (Lipinski definition) is 4. The molecule has 1 aliphatic heterocycles. The van der Waals surface area contributed by atoms with Crippen molar-refractivity contribution in [3.05, 3.63) is 17.5 Å². The zero-order chi connectivity index (χ0) is 11.9. The Kier molecular flexibility index (Phi) is 2.71. The van der Waals surface area contributed by atoms with Crippen LogP contribution in [-0.2, 0) is 0 Å². The number of anilines is 1. The quantitative estimate of drug-likeness (QED) is 0.872. The smallest absolute Gasteiger partial charge is 0.171 e. The van der Waals surface area contributed by atoms with E-state index in [9.17, 15) is 5.11 Å². The van der Waals surface area contributed by atoms with Gasteiger partial charge in [0.2, 0.25) is 0 Å². The lowest BCUT2D eigenvalue weighted by Gasteiger charge is -2.26. The fourth-order valence-corrected chi connectivity index (χ4v) is 3.58. The third-order valence-corrected chi connectivity index (χ3v) is 4.56. The molecule has 1 aromatic heterocycles. The van der Waals surface area contributed by atoms with Crippen molar-refractivity contribution in [1.82, 2.24) is 9.97 Å². The van der Waals surface area contributed by atoms with Crippen LogP contribution in [0.5, 0.6) is 0 Å². The van der Waals surface area contributed by atoms with Crippen molar-refractivity contribution in [3.63, 3.8) is 0 Å². The predicted octanol–water partition coefficient (Wildman–Crippen LogP) is 1.73. The van der Waals surface area contributed by atoms with Crippen LogP contribution >= 0.6 is 11.6 Å². The van der Waals surface area contributed by atoms with E-state index in [0.717, 1.165) is 25.3 Å². The van der Waals surface area contributed by atoms with Gasteiger partial charge in [-0.15, -0.1) is 0 Å². The van der Waals surface area contributed by atoms with Crippen LogP contribution in [0.25, 0.3) is 0 Å². The van der Waals surface area contributed by atoms with Crippen molar-refractivity contribution >= 4 is 17.4 Å². The molecule has 2 fully saturated rings. The fourth-order valence-electron chi connectivity index (χ4n) is 3.36. The molecule has 1 saturated carbocycles. The highest BCUT2D eigenvalue weighted by atomic mass is 35.5. The Morgan fingerprint density at radius 3 is 3.00 bits per heavy atom. The van der Waals surface area contributed by atoms with Crippen LogP contribution < -0.4 is 4.90 Å². The molecule has 17 heavy (non-hydrogen) atoms. The molecule has 2 heterocycles. The van der Waals surface area contributed by atoms with E-state index in [-0.39, 0.29) is 12.0 Å². The van der Waals surface area contributed by atoms with Crippen molar-refractivity contribution in [3.8, 4) is 0 Å². The number of rotatable bonds is 2. The van der Waals surface area contributed by atoms with Gasteiger partial charge in [-0.05, 0) is 18.8 Å². The summed E-state index contributed by atoms with van der Waals surface area (Å²) in [4.78, 5) is 10.5. The summed E-state index contributed by atoms with van der Waals surface area (Å²) in [7, 11) is 0. The Hall–Kier alpha value is -0.870. The van der Waals surface area contributed by atoms with Crippen molar-refractivity contribution < 1.29 is 5.11 Å². The molecule has 1 aromatic rings. The van der Waals surface area contributed by atoms with Crippen LogP contribution in [-0.4, -0.2) is 34.8 Å². The van der Waals surface area contributed by atoms with E-state index in [1.165, 1.54) is 12.8 Å². The molecule has 1 N–H and O–H groups in total. The Balaban J connectivity index is 1.87. The van der Waals surface area contributed by atoms with Crippen LogP contribution in [0.15, 0.2) is 12.4 Å². The summed E-state index contributed by atoms with van der Waals surface area (Å²) >= 11 is 6.07. The summed E-state index contributed by atoms with van der Waals surface area (Å²) in [6, 6.07) is 0. The van der Waals surface area contributed by atoms with Gasteiger partial charge in [0.25, 0.3) is 0 Å². The first-order valence-electron chi connectivity index (χ1n) is 6.07. The molecule has 92 valence electrons. The van der Waals surface area contributed by atoms with Crippen molar-refractivity contribution in [2.45, 2.75) is 19.3 Å². The Labute approximate surface area is 106 Å². The Bertz CT molecular complexity index is 428. The summed E-state index contributed by atoms with van der Waals surface area (Å²) in [5.41, 5.74) is 0.0703. The number of halogens is 1. The molecule has 5 heteroatoms. The molecule has 1 aliphatic carbocycles. The first kappa shape index (κ1) is 11.2. The van der Waals surface area contributed by atoms with Gasteiger partial charge in [0.05, 0.1) is 6.61 Å². The summed E-state index contributed by atoms with van der Waals surface area (Å²) in [6.07, 6.45) is 6.82. The van der Waals surface area contributed by atoms with E-state index in [2.05, 4.69) is 14.9 Å². The van der Waals surface area contributed by atoms with Gasteiger partial charge in [-0.2, -0.15) is 0 Å². The lowest BCUT2D eigenvalue weighted by Crippen LogP contribution is -2.31. The normalized spacial score (nSPS) is 31.9. The first-order valence-corrected chi connectivity index (χ1v) is 6.45. The summed E-state index contributed by atoms with van der Waals surface area (Å²) in [5, 5.41) is 10.1. The van der Waals surface area contributed by atoms with Gasteiger partial charge >= 0.3 is 0 Å². The maximum atomic E-state index is 9.67. The van der Waals surface area contributed by atoms with Crippen molar-refractivity contribution in [2.24, 2.45) is 11.3 Å². The lowest BCUT2D eigenvalue weighted by atomic mass is 9.82. The van der Waals surface area contributed by atoms with Gasteiger partial charge in [0.1, 0.15) is 0 Å². The summed E-state index contributed by atoms with van der Waals surface area (Å²) in [6.45, 7) is 2.07. The largest absolute Gasteiger partial charge is 0.396 e. The van der Waals surface area contributed by atoms with Gasteiger partial charge in [0, 0.05) is 30.9 Å². The zero-order valence-electron chi connectivity index (χ0n) is 9.64. The van der Waals surface area contributed by atoms with E-state index in [1.54, 1.807) is 12.4 Å². The average molecular weight is 254 g/mol. The van der Waals surface area contributed by atoms with Crippen LogP contribution in [0.4, 0.5) is 5.82 Å². The average Bonchev–Trinajstić information content (AvgIpc) is 2.86. The molecule has 0 spiro atoms. The molecule has 3 rings (SSSR count). The SMILES string of the molecule is OCC12CCCC1CN(c1nccnc1Cl)C2. The van der Waals surface area contributed by atoms with Crippen molar-refractivity contribution in [2.75, 3.05) is 24.6 Å². The molecule has 2 unspecified atom stereocenters. The van der Waals surface area contributed by atoms with Gasteiger partial charge in [-0.1, -0.05) is 18.0 Å². The van der Waals surface area contributed by atoms with Gasteiger partial charge in [0.15, 0.2) is 11.0 Å². The first-order chi connectivity index (χ1) is 8.25. The molecule has 2 atom stereocenters. The third-order valence-electron chi connectivity index (χ3n) is 4.29. The molecule has 4 nitrogen and oxygen atoms in total. The molecular weight excluding hydrogens is 238 g/mol. The third kappa shape index (κ3) is 1.70. The number of aromatic nitrogens is 2. The molecule has 0 bridgehead atoms. The maximum Gasteiger partial charge on any atom is 0.171 e. The highest BCUT2D eigenvalue weighted by Gasteiger charge is 2.49. The topological polar surface area (TPSA) is 49.2 Å². The number of nitrogens with zero attached hydrogens (tertiary/aromatic N) is 3. The van der Waals surface area contributed by atoms with Crippen LogP contribution in [0, 0.1) is 11.3 Å². The lowest BCUT2D eigenvalue weighted by molar-refractivity contribution is 0.121. The second kappa shape index (κ2) is 4.10. The molecular formula is C12H16ClN3O. The van der Waals surface area contributed by atoms with Crippen molar-refractivity contribution in [1.29, 1.82) is 0 Å². The van der Waals surface area contributed by atoms with E-state index in [0.29, 0.717) is 11.1 Å². The molecule has 0 amide bonds. The molecule has 2 aliphatic rings. The molecule has 0 aromatic carbocycles. The number of aliphatic hydroxyl groups excluding tert-OH is 1. The fraction of sp³-hybridized carbons (Fsp3) is 0.667. The standard InChI is InChI=1S/C12H16ClN3O/c13-10-11(15-5-4-14-10)16-6-9-2-1-3-12(9,7-16)8-17/h4-5,9,17H,1-3,6-8H2. The Morgan fingerprint density at radius 2 is 2.29 bits per heavy atom. The van der Waals surface area contributed by atoms with Gasteiger partial charge in [-0.3, -0.25) is 0 Å². The van der Waals surface area contributed by atoms with E-state index >= 15 is 0 Å². The molecule has 0 radical (unpaired) electrons. The monoisotopic (exact) mass is 253 g/mol. The van der Waals surface area contributed by atoms with Crippen LogP contribution in [0.1, 0.15) is 19.3 Å². The number of hydrogen-bond donors (Lipinski definition) is 1. The minimum atomic E-state index is 0.0703. The van der Waals surface area contributed by atoms with Crippen LogP contribution in [0.3, 0.4) is 0 Å². The number of fused-ring (bicyclic) bond motifs is 1. The second-order valence-corrected chi connectivity index (χ2v) is 5.52.